The van der Waals surface area contributed by atoms with E-state index in [2.05, 4.69) is 0 Å². The summed E-state index contributed by atoms with van der Waals surface area (Å²) in [6.07, 6.45) is 0. The van der Waals surface area contributed by atoms with Crippen LogP contribution in [0, 0.1) is 0 Å². The van der Waals surface area contributed by atoms with Gasteiger partial charge in [0.15, 0.2) is 8.38 Å². The molecular formula is C8H12NO2P. The first-order chi connectivity index (χ1) is 5.61. The van der Waals surface area contributed by atoms with Crippen LogP contribution in [0.1, 0.15) is 0 Å². The number of benzene rings is 1. The predicted octanol–water partition coefficient (Wildman–Crippen LogP) is 0.674. The van der Waals surface area contributed by atoms with Crippen LogP contribution in [0.5, 0.6) is 0 Å². The first kappa shape index (κ1) is 9.46. The number of hydrogen-bond acceptors (Lipinski definition) is 3. The minimum absolute atomic E-state index is 0.579. The van der Waals surface area contributed by atoms with Gasteiger partial charge in [0.1, 0.15) is 0 Å². The van der Waals surface area contributed by atoms with E-state index in [1.165, 1.54) is 0 Å². The van der Waals surface area contributed by atoms with Crippen molar-refractivity contribution in [1.29, 1.82) is 0 Å². The maximum Gasteiger partial charge on any atom is 0.199 e. The lowest BCUT2D eigenvalue weighted by Crippen LogP contribution is -2.09. The second-order valence-electron chi connectivity index (χ2n) is 2.70. The molecule has 4 heteroatoms. The minimum atomic E-state index is -1.95. The Bertz CT molecular complexity index is 219. The van der Waals surface area contributed by atoms with Gasteiger partial charge < -0.3 is 14.7 Å². The highest BCUT2D eigenvalue weighted by atomic mass is 31.2. The third-order valence-electron chi connectivity index (χ3n) is 1.60. The fourth-order valence-electron chi connectivity index (χ4n) is 0.884. The zero-order valence-corrected chi connectivity index (χ0v) is 7.99. The van der Waals surface area contributed by atoms with E-state index in [-0.39, 0.29) is 0 Å². The van der Waals surface area contributed by atoms with E-state index in [1.807, 2.05) is 31.1 Å². The highest BCUT2D eigenvalue weighted by Crippen LogP contribution is 2.22. The molecule has 0 aliphatic rings. The van der Waals surface area contributed by atoms with E-state index in [4.69, 9.17) is 9.79 Å². The number of rotatable bonds is 2. The molecule has 0 aliphatic heterocycles. The van der Waals surface area contributed by atoms with Gasteiger partial charge >= 0.3 is 0 Å². The third kappa shape index (κ3) is 2.18. The lowest BCUT2D eigenvalue weighted by Gasteiger charge is -2.12. The monoisotopic (exact) mass is 185 g/mol. The van der Waals surface area contributed by atoms with Crippen LogP contribution < -0.4 is 10.2 Å². The van der Waals surface area contributed by atoms with Crippen molar-refractivity contribution in [2.45, 2.75) is 0 Å². The average Bonchev–Trinajstić information content (AvgIpc) is 2.04. The molecule has 0 aliphatic carbocycles. The molecule has 0 aromatic heterocycles. The fourth-order valence-corrected chi connectivity index (χ4v) is 1.30. The summed E-state index contributed by atoms with van der Waals surface area (Å²) in [4.78, 5) is 19.7. The molecule has 2 N–H and O–H groups in total. The Morgan fingerprint density at radius 2 is 1.58 bits per heavy atom. The largest absolute Gasteiger partial charge is 0.378 e. The lowest BCUT2D eigenvalue weighted by molar-refractivity contribution is 0.497. The van der Waals surface area contributed by atoms with Gasteiger partial charge in [-0.25, -0.2) is 0 Å². The second kappa shape index (κ2) is 3.85. The van der Waals surface area contributed by atoms with Gasteiger partial charge in [0.25, 0.3) is 0 Å². The molecule has 0 spiro atoms. The summed E-state index contributed by atoms with van der Waals surface area (Å²) < 4.78 is 0. The Labute approximate surface area is 73.2 Å². The predicted molar refractivity (Wildman–Crippen MR) is 51.8 cm³/mol. The van der Waals surface area contributed by atoms with Crippen molar-refractivity contribution in [2.24, 2.45) is 0 Å². The van der Waals surface area contributed by atoms with Gasteiger partial charge in [0.05, 0.1) is 0 Å². The van der Waals surface area contributed by atoms with Crippen molar-refractivity contribution in [3.05, 3.63) is 24.3 Å². The van der Waals surface area contributed by atoms with Crippen LogP contribution in [-0.2, 0) is 0 Å². The highest BCUT2D eigenvalue weighted by molar-refractivity contribution is 7.54. The molecule has 0 heterocycles. The molecule has 0 bridgehead atoms. The van der Waals surface area contributed by atoms with Crippen molar-refractivity contribution in [1.82, 2.24) is 0 Å². The first-order valence-corrected chi connectivity index (χ1v) is 4.81. The van der Waals surface area contributed by atoms with Gasteiger partial charge in [-0.05, 0) is 24.3 Å². The Balaban J connectivity index is 2.86. The lowest BCUT2D eigenvalue weighted by atomic mass is 10.3. The first-order valence-electron chi connectivity index (χ1n) is 3.56. The second-order valence-corrected chi connectivity index (χ2v) is 3.80. The molecule has 0 radical (unpaired) electrons. The summed E-state index contributed by atoms with van der Waals surface area (Å²) >= 11 is 0. The average molecular weight is 185 g/mol. The molecule has 0 saturated heterocycles. The smallest absolute Gasteiger partial charge is 0.199 e. The van der Waals surface area contributed by atoms with Gasteiger partial charge in [0, 0.05) is 25.1 Å². The molecule has 0 saturated carbocycles. The van der Waals surface area contributed by atoms with Crippen LogP contribution in [0.15, 0.2) is 24.3 Å². The van der Waals surface area contributed by atoms with E-state index in [0.29, 0.717) is 5.30 Å². The van der Waals surface area contributed by atoms with E-state index in [1.54, 1.807) is 12.1 Å². The molecule has 0 atom stereocenters. The summed E-state index contributed by atoms with van der Waals surface area (Å²) in [5, 5.41) is 0.579. The van der Waals surface area contributed by atoms with Crippen LogP contribution >= 0.6 is 8.38 Å². The number of nitrogens with zero attached hydrogens (tertiary/aromatic N) is 1. The van der Waals surface area contributed by atoms with Crippen molar-refractivity contribution in [2.75, 3.05) is 19.0 Å². The quantitative estimate of drug-likeness (QED) is 0.666. The van der Waals surface area contributed by atoms with Crippen LogP contribution in [0.4, 0.5) is 5.69 Å². The molecule has 0 fully saturated rings. The summed E-state index contributed by atoms with van der Waals surface area (Å²) in [6, 6.07) is 7.16. The summed E-state index contributed by atoms with van der Waals surface area (Å²) in [6.45, 7) is 0. The summed E-state index contributed by atoms with van der Waals surface area (Å²) in [5.41, 5.74) is 1.05. The molecule has 0 amide bonds. The van der Waals surface area contributed by atoms with Crippen LogP contribution in [0.2, 0.25) is 0 Å². The molecule has 1 aromatic rings. The molecule has 3 nitrogen and oxygen atoms in total. The summed E-state index contributed by atoms with van der Waals surface area (Å²) in [5.74, 6) is 0. The Kier molecular flexibility index (Phi) is 3.04. The number of anilines is 1. The SMILES string of the molecule is CN(C)c1ccc(P(O)O)cc1. The van der Waals surface area contributed by atoms with E-state index in [0.717, 1.165) is 5.69 Å². The zero-order chi connectivity index (χ0) is 9.14. The van der Waals surface area contributed by atoms with Crippen LogP contribution in [0.3, 0.4) is 0 Å². The Morgan fingerprint density at radius 3 is 1.92 bits per heavy atom. The highest BCUT2D eigenvalue weighted by Gasteiger charge is 2.02. The fraction of sp³-hybridized carbons (Fsp3) is 0.250. The topological polar surface area (TPSA) is 43.7 Å². The van der Waals surface area contributed by atoms with E-state index >= 15 is 0 Å². The maximum absolute atomic E-state index is 8.86. The van der Waals surface area contributed by atoms with Crippen molar-refractivity contribution in [3.8, 4) is 0 Å². The normalized spacial score (nSPS) is 10.4. The summed E-state index contributed by atoms with van der Waals surface area (Å²) in [7, 11) is 1.93. The third-order valence-corrected chi connectivity index (χ3v) is 2.36. The van der Waals surface area contributed by atoms with E-state index in [9.17, 15) is 0 Å². The Hall–Kier alpha value is -0.630. The van der Waals surface area contributed by atoms with Gasteiger partial charge in [-0.1, -0.05) is 0 Å². The standard InChI is InChI=1S/C8H12NO2P/c1-9(2)7-3-5-8(6-4-7)12(10)11/h3-6,10-11H,1-2H3. The zero-order valence-electron chi connectivity index (χ0n) is 7.10. The molecule has 66 valence electrons. The van der Waals surface area contributed by atoms with E-state index < -0.39 is 8.38 Å². The van der Waals surface area contributed by atoms with Gasteiger partial charge in [-0.3, -0.25) is 0 Å². The van der Waals surface area contributed by atoms with Crippen LogP contribution in [-0.4, -0.2) is 23.9 Å². The van der Waals surface area contributed by atoms with Crippen LogP contribution in [0.25, 0.3) is 0 Å². The van der Waals surface area contributed by atoms with Crippen molar-refractivity contribution < 1.29 is 9.79 Å². The minimum Gasteiger partial charge on any atom is -0.378 e. The van der Waals surface area contributed by atoms with Gasteiger partial charge in [0.2, 0.25) is 0 Å². The molecule has 0 unspecified atom stereocenters. The maximum atomic E-state index is 8.86. The molecule has 12 heavy (non-hydrogen) atoms. The van der Waals surface area contributed by atoms with Crippen molar-refractivity contribution in [3.63, 3.8) is 0 Å². The molecule has 1 aromatic carbocycles. The molecule has 1 rings (SSSR count). The molecular weight excluding hydrogens is 173 g/mol. The van der Waals surface area contributed by atoms with Gasteiger partial charge in [-0.15, -0.1) is 0 Å². The number of hydrogen-bond donors (Lipinski definition) is 2. The Morgan fingerprint density at radius 1 is 1.08 bits per heavy atom. The van der Waals surface area contributed by atoms with Crippen molar-refractivity contribution >= 4 is 19.4 Å². The van der Waals surface area contributed by atoms with Gasteiger partial charge in [-0.2, -0.15) is 0 Å².